The maximum atomic E-state index is 5.86. The van der Waals surface area contributed by atoms with Crippen molar-refractivity contribution < 1.29 is 4.74 Å². The lowest BCUT2D eigenvalue weighted by atomic mass is 10.0. The van der Waals surface area contributed by atoms with Gasteiger partial charge in [-0.1, -0.05) is 6.07 Å². The van der Waals surface area contributed by atoms with Crippen LogP contribution in [0, 0.1) is 12.8 Å². The minimum Gasteiger partial charge on any atom is -0.493 e. The SMILES string of the molecule is Cc1cc(OCC2CC2)ccc1C(C)N. The molecule has 0 bridgehead atoms. The molecule has 0 saturated heterocycles. The fourth-order valence-electron chi connectivity index (χ4n) is 1.75. The fraction of sp³-hybridized carbons (Fsp3) is 0.538. The van der Waals surface area contributed by atoms with Crippen molar-refractivity contribution in [2.24, 2.45) is 11.7 Å². The van der Waals surface area contributed by atoms with E-state index in [1.807, 2.05) is 13.0 Å². The first-order valence-electron chi connectivity index (χ1n) is 5.65. The van der Waals surface area contributed by atoms with Gasteiger partial charge in [0.05, 0.1) is 6.61 Å². The largest absolute Gasteiger partial charge is 0.493 e. The van der Waals surface area contributed by atoms with Gasteiger partial charge in [0.1, 0.15) is 5.75 Å². The van der Waals surface area contributed by atoms with Crippen molar-refractivity contribution >= 4 is 0 Å². The Morgan fingerprint density at radius 2 is 2.20 bits per heavy atom. The smallest absolute Gasteiger partial charge is 0.119 e. The third-order valence-electron chi connectivity index (χ3n) is 2.91. The second-order valence-electron chi connectivity index (χ2n) is 4.56. The van der Waals surface area contributed by atoms with Crippen LogP contribution in [0.15, 0.2) is 18.2 Å². The number of nitrogens with two attached hydrogens (primary N) is 1. The molecule has 1 fully saturated rings. The number of hydrogen-bond donors (Lipinski definition) is 1. The zero-order valence-electron chi connectivity index (χ0n) is 9.49. The second-order valence-corrected chi connectivity index (χ2v) is 4.56. The first-order valence-corrected chi connectivity index (χ1v) is 5.65. The number of hydrogen-bond acceptors (Lipinski definition) is 2. The standard InChI is InChI=1S/C13H19NO/c1-9-7-12(15-8-11-3-4-11)5-6-13(9)10(2)14/h5-7,10-11H,3-4,8,14H2,1-2H3. The molecule has 2 N–H and O–H groups in total. The van der Waals surface area contributed by atoms with Gasteiger partial charge >= 0.3 is 0 Å². The highest BCUT2D eigenvalue weighted by molar-refractivity contribution is 5.36. The number of benzene rings is 1. The van der Waals surface area contributed by atoms with E-state index in [1.165, 1.54) is 24.0 Å². The summed E-state index contributed by atoms with van der Waals surface area (Å²) < 4.78 is 5.70. The van der Waals surface area contributed by atoms with Crippen LogP contribution in [0.2, 0.25) is 0 Å². The van der Waals surface area contributed by atoms with Crippen LogP contribution >= 0.6 is 0 Å². The molecule has 1 atom stereocenters. The van der Waals surface area contributed by atoms with E-state index >= 15 is 0 Å². The molecule has 1 aliphatic rings. The zero-order chi connectivity index (χ0) is 10.8. The quantitative estimate of drug-likeness (QED) is 0.820. The summed E-state index contributed by atoms with van der Waals surface area (Å²) in [5, 5.41) is 0. The molecule has 15 heavy (non-hydrogen) atoms. The maximum absolute atomic E-state index is 5.86. The summed E-state index contributed by atoms with van der Waals surface area (Å²) in [7, 11) is 0. The van der Waals surface area contributed by atoms with E-state index in [0.29, 0.717) is 0 Å². The Morgan fingerprint density at radius 3 is 2.73 bits per heavy atom. The van der Waals surface area contributed by atoms with Gasteiger partial charge in [0.2, 0.25) is 0 Å². The third-order valence-corrected chi connectivity index (χ3v) is 2.91. The molecule has 0 aliphatic heterocycles. The van der Waals surface area contributed by atoms with Crippen molar-refractivity contribution in [2.75, 3.05) is 6.61 Å². The molecule has 2 nitrogen and oxygen atoms in total. The van der Waals surface area contributed by atoms with Crippen LogP contribution < -0.4 is 10.5 Å². The normalized spacial score (nSPS) is 17.5. The molecule has 0 aromatic heterocycles. The van der Waals surface area contributed by atoms with Crippen molar-refractivity contribution in [3.8, 4) is 5.75 Å². The van der Waals surface area contributed by atoms with E-state index < -0.39 is 0 Å². The highest BCUT2D eigenvalue weighted by atomic mass is 16.5. The van der Waals surface area contributed by atoms with Crippen molar-refractivity contribution in [3.05, 3.63) is 29.3 Å². The molecule has 0 amide bonds. The molecule has 1 unspecified atom stereocenters. The number of rotatable bonds is 4. The van der Waals surface area contributed by atoms with Gasteiger partial charge in [-0.05, 0) is 55.9 Å². The molecule has 0 spiro atoms. The Kier molecular flexibility index (Phi) is 2.96. The minimum absolute atomic E-state index is 0.0995. The van der Waals surface area contributed by atoms with Crippen molar-refractivity contribution in [1.29, 1.82) is 0 Å². The van der Waals surface area contributed by atoms with E-state index in [0.717, 1.165) is 18.3 Å². The van der Waals surface area contributed by atoms with Gasteiger partial charge in [-0.2, -0.15) is 0 Å². The third kappa shape index (κ3) is 2.72. The molecule has 1 aromatic rings. The molecule has 2 rings (SSSR count). The van der Waals surface area contributed by atoms with Crippen LogP contribution in [0.4, 0.5) is 0 Å². The highest BCUT2D eigenvalue weighted by Gasteiger charge is 2.21. The van der Waals surface area contributed by atoms with E-state index in [1.54, 1.807) is 0 Å². The van der Waals surface area contributed by atoms with Gasteiger partial charge in [-0.3, -0.25) is 0 Å². The highest BCUT2D eigenvalue weighted by Crippen LogP contribution is 2.30. The monoisotopic (exact) mass is 205 g/mol. The molecule has 0 radical (unpaired) electrons. The Balaban J connectivity index is 2.03. The maximum Gasteiger partial charge on any atom is 0.119 e. The summed E-state index contributed by atoms with van der Waals surface area (Å²) in [6, 6.07) is 6.28. The summed E-state index contributed by atoms with van der Waals surface area (Å²) in [6.45, 7) is 4.96. The van der Waals surface area contributed by atoms with Crippen LogP contribution in [-0.4, -0.2) is 6.61 Å². The van der Waals surface area contributed by atoms with Gasteiger partial charge in [0.15, 0.2) is 0 Å². The second kappa shape index (κ2) is 4.23. The molecular formula is C13H19NO. The minimum atomic E-state index is 0.0995. The Labute approximate surface area is 91.4 Å². The van der Waals surface area contributed by atoms with Crippen LogP contribution in [0.25, 0.3) is 0 Å². The summed E-state index contributed by atoms with van der Waals surface area (Å²) in [5.41, 5.74) is 8.28. The molecule has 2 heteroatoms. The van der Waals surface area contributed by atoms with Gasteiger partial charge < -0.3 is 10.5 Å². The molecule has 0 heterocycles. The van der Waals surface area contributed by atoms with Gasteiger partial charge in [-0.25, -0.2) is 0 Å². The predicted molar refractivity (Wildman–Crippen MR) is 62.0 cm³/mol. The lowest BCUT2D eigenvalue weighted by Crippen LogP contribution is -2.07. The molecule has 1 saturated carbocycles. The summed E-state index contributed by atoms with van der Waals surface area (Å²) in [6.07, 6.45) is 2.66. The Morgan fingerprint density at radius 1 is 1.47 bits per heavy atom. The van der Waals surface area contributed by atoms with Crippen LogP contribution in [0.5, 0.6) is 5.75 Å². The lowest BCUT2D eigenvalue weighted by Gasteiger charge is -2.12. The average Bonchev–Trinajstić information content (AvgIpc) is 2.97. The number of ether oxygens (including phenoxy) is 1. The summed E-state index contributed by atoms with van der Waals surface area (Å²) >= 11 is 0. The number of aryl methyl sites for hydroxylation is 1. The first-order chi connectivity index (χ1) is 7.16. The van der Waals surface area contributed by atoms with Gasteiger partial charge in [-0.15, -0.1) is 0 Å². The summed E-state index contributed by atoms with van der Waals surface area (Å²) in [4.78, 5) is 0. The fourth-order valence-corrected chi connectivity index (χ4v) is 1.75. The lowest BCUT2D eigenvalue weighted by molar-refractivity contribution is 0.299. The Hall–Kier alpha value is -1.02. The van der Waals surface area contributed by atoms with Gasteiger partial charge in [0, 0.05) is 6.04 Å². The van der Waals surface area contributed by atoms with Crippen molar-refractivity contribution in [1.82, 2.24) is 0 Å². The van der Waals surface area contributed by atoms with Crippen LogP contribution in [-0.2, 0) is 0 Å². The van der Waals surface area contributed by atoms with Crippen LogP contribution in [0.3, 0.4) is 0 Å². The van der Waals surface area contributed by atoms with E-state index in [9.17, 15) is 0 Å². The van der Waals surface area contributed by atoms with Crippen molar-refractivity contribution in [3.63, 3.8) is 0 Å². The summed E-state index contributed by atoms with van der Waals surface area (Å²) in [5.74, 6) is 1.78. The predicted octanol–water partition coefficient (Wildman–Crippen LogP) is 2.80. The molecular weight excluding hydrogens is 186 g/mol. The van der Waals surface area contributed by atoms with Gasteiger partial charge in [0.25, 0.3) is 0 Å². The molecule has 1 aliphatic carbocycles. The van der Waals surface area contributed by atoms with E-state index in [2.05, 4.69) is 19.1 Å². The van der Waals surface area contributed by atoms with Crippen molar-refractivity contribution in [2.45, 2.75) is 32.7 Å². The van der Waals surface area contributed by atoms with E-state index in [4.69, 9.17) is 10.5 Å². The first kappa shape index (κ1) is 10.5. The molecule has 82 valence electrons. The van der Waals surface area contributed by atoms with E-state index in [-0.39, 0.29) is 6.04 Å². The topological polar surface area (TPSA) is 35.2 Å². The zero-order valence-corrected chi connectivity index (χ0v) is 9.49. The molecule has 1 aromatic carbocycles. The van der Waals surface area contributed by atoms with Crippen LogP contribution in [0.1, 0.15) is 36.9 Å². The average molecular weight is 205 g/mol. The Bertz CT molecular complexity index is 342.